The molecule has 1 aromatic rings. The second-order valence-corrected chi connectivity index (χ2v) is 5.50. The smallest absolute Gasteiger partial charge is 0.311 e. The lowest BCUT2D eigenvalue weighted by atomic mass is 9.82. The first-order valence-corrected chi connectivity index (χ1v) is 7.03. The van der Waals surface area contributed by atoms with Gasteiger partial charge < -0.3 is 10.1 Å². The van der Waals surface area contributed by atoms with E-state index in [1.807, 2.05) is 0 Å². The minimum absolute atomic E-state index is 0.00495. The van der Waals surface area contributed by atoms with Gasteiger partial charge in [0, 0.05) is 18.7 Å². The van der Waals surface area contributed by atoms with Crippen molar-refractivity contribution in [2.24, 2.45) is 11.8 Å². The Labute approximate surface area is 118 Å². The van der Waals surface area contributed by atoms with Crippen LogP contribution >= 0.6 is 0 Å². The Balaban J connectivity index is 2.05. The highest BCUT2D eigenvalue weighted by atomic mass is 16.6. The Hall–Kier alpha value is -1.85. The Morgan fingerprint density at radius 1 is 1.50 bits per heavy atom. The van der Waals surface area contributed by atoms with Crippen molar-refractivity contribution in [3.05, 3.63) is 22.2 Å². The number of ether oxygens (including phenoxy) is 1. The summed E-state index contributed by atoms with van der Waals surface area (Å²) in [6, 6.07) is 2.93. The highest BCUT2D eigenvalue weighted by Gasteiger charge is 2.21. The largest absolute Gasteiger partial charge is 0.481 e. The number of nitrogens with one attached hydrogen (secondary N) is 1. The summed E-state index contributed by atoms with van der Waals surface area (Å²) in [5, 5.41) is 14.1. The van der Waals surface area contributed by atoms with Gasteiger partial charge in [-0.2, -0.15) is 4.98 Å². The fraction of sp³-hybridized carbons (Fsp3) is 0.643. The number of hydrogen-bond acceptors (Lipinski definition) is 5. The van der Waals surface area contributed by atoms with Crippen molar-refractivity contribution < 1.29 is 9.66 Å². The number of anilines is 1. The average Bonchev–Trinajstić information content (AvgIpc) is 2.44. The molecule has 0 spiro atoms. The summed E-state index contributed by atoms with van der Waals surface area (Å²) >= 11 is 0. The van der Waals surface area contributed by atoms with Crippen molar-refractivity contribution in [3.8, 4) is 5.88 Å². The summed E-state index contributed by atoms with van der Waals surface area (Å²) in [6.45, 7) is 2.99. The normalized spacial score (nSPS) is 22.3. The van der Waals surface area contributed by atoms with Gasteiger partial charge in [0.05, 0.1) is 12.0 Å². The van der Waals surface area contributed by atoms with Crippen LogP contribution in [0.2, 0.25) is 0 Å². The van der Waals surface area contributed by atoms with E-state index in [1.165, 1.54) is 44.9 Å². The zero-order valence-corrected chi connectivity index (χ0v) is 12.0. The van der Waals surface area contributed by atoms with E-state index >= 15 is 0 Å². The Bertz CT molecular complexity index is 479. The lowest BCUT2D eigenvalue weighted by Crippen LogP contribution is -2.21. The number of pyridine rings is 1. The molecule has 0 aromatic carbocycles. The molecule has 20 heavy (non-hydrogen) atoms. The van der Waals surface area contributed by atoms with E-state index in [4.69, 9.17) is 4.74 Å². The van der Waals surface area contributed by atoms with Gasteiger partial charge >= 0.3 is 5.69 Å². The Morgan fingerprint density at radius 2 is 2.30 bits per heavy atom. The van der Waals surface area contributed by atoms with Gasteiger partial charge in [0.15, 0.2) is 0 Å². The Morgan fingerprint density at radius 3 is 2.95 bits per heavy atom. The van der Waals surface area contributed by atoms with Crippen molar-refractivity contribution in [2.45, 2.75) is 32.6 Å². The van der Waals surface area contributed by atoms with Crippen molar-refractivity contribution >= 4 is 11.5 Å². The van der Waals surface area contributed by atoms with Crippen LogP contribution in [-0.2, 0) is 0 Å². The van der Waals surface area contributed by atoms with E-state index in [0.29, 0.717) is 17.6 Å². The molecule has 2 rings (SSSR count). The first-order valence-electron chi connectivity index (χ1n) is 7.03. The number of aromatic nitrogens is 1. The van der Waals surface area contributed by atoms with Crippen LogP contribution in [0, 0.1) is 22.0 Å². The van der Waals surface area contributed by atoms with Crippen LogP contribution in [0.5, 0.6) is 5.88 Å². The average molecular weight is 279 g/mol. The van der Waals surface area contributed by atoms with Crippen LogP contribution in [0.15, 0.2) is 12.1 Å². The third-order valence-electron chi connectivity index (χ3n) is 3.86. The molecule has 2 atom stereocenters. The summed E-state index contributed by atoms with van der Waals surface area (Å²) in [7, 11) is 1.50. The van der Waals surface area contributed by atoms with E-state index in [0.717, 1.165) is 12.5 Å². The second-order valence-electron chi connectivity index (χ2n) is 5.50. The maximum atomic E-state index is 11.0. The van der Waals surface area contributed by atoms with Crippen LogP contribution < -0.4 is 10.1 Å². The molecule has 1 N–H and O–H groups in total. The molecule has 1 aromatic heterocycles. The van der Waals surface area contributed by atoms with Crippen LogP contribution in [0.3, 0.4) is 0 Å². The van der Waals surface area contributed by atoms with E-state index in [9.17, 15) is 10.1 Å². The molecular formula is C14H21N3O3. The number of methoxy groups -OCH3 is 1. The minimum atomic E-state index is -0.418. The molecule has 1 saturated carbocycles. The molecule has 0 aliphatic heterocycles. The lowest BCUT2D eigenvalue weighted by molar-refractivity contribution is -0.384. The van der Waals surface area contributed by atoms with Crippen LogP contribution in [0.4, 0.5) is 11.5 Å². The molecular weight excluding hydrogens is 258 g/mol. The molecule has 0 saturated heterocycles. The molecule has 1 fully saturated rings. The third kappa shape index (κ3) is 3.59. The zero-order valence-electron chi connectivity index (χ0n) is 12.0. The van der Waals surface area contributed by atoms with E-state index in [-0.39, 0.29) is 5.69 Å². The predicted molar refractivity (Wildman–Crippen MR) is 77.1 cm³/mol. The van der Waals surface area contributed by atoms with Crippen molar-refractivity contribution in [1.29, 1.82) is 0 Å². The zero-order chi connectivity index (χ0) is 14.5. The molecule has 6 nitrogen and oxygen atoms in total. The van der Waals surface area contributed by atoms with Gasteiger partial charge in [-0.25, -0.2) is 0 Å². The maximum Gasteiger partial charge on any atom is 0.311 e. The second kappa shape index (κ2) is 6.54. The molecule has 1 heterocycles. The molecule has 1 aliphatic rings. The van der Waals surface area contributed by atoms with Gasteiger partial charge in [-0.3, -0.25) is 10.1 Å². The van der Waals surface area contributed by atoms with E-state index in [1.54, 1.807) is 0 Å². The van der Waals surface area contributed by atoms with Gasteiger partial charge in [0.25, 0.3) is 0 Å². The van der Waals surface area contributed by atoms with Crippen molar-refractivity contribution in [1.82, 2.24) is 4.98 Å². The molecule has 6 heteroatoms. The van der Waals surface area contributed by atoms with Gasteiger partial charge in [-0.15, -0.1) is 0 Å². The number of nitrogens with zero attached hydrogens (tertiary/aromatic N) is 2. The summed E-state index contributed by atoms with van der Waals surface area (Å²) in [5.74, 6) is 1.98. The van der Waals surface area contributed by atoms with Crippen molar-refractivity contribution in [2.75, 3.05) is 19.0 Å². The molecule has 0 bridgehead atoms. The number of nitro groups is 1. The number of rotatable bonds is 5. The van der Waals surface area contributed by atoms with Crippen molar-refractivity contribution in [3.63, 3.8) is 0 Å². The van der Waals surface area contributed by atoms with E-state index in [2.05, 4.69) is 17.2 Å². The highest BCUT2D eigenvalue weighted by Crippen LogP contribution is 2.30. The molecule has 2 unspecified atom stereocenters. The highest BCUT2D eigenvalue weighted by molar-refractivity contribution is 5.57. The monoisotopic (exact) mass is 279 g/mol. The quantitative estimate of drug-likeness (QED) is 0.661. The van der Waals surface area contributed by atoms with Crippen LogP contribution in [-0.4, -0.2) is 23.6 Å². The summed E-state index contributed by atoms with van der Waals surface area (Å²) < 4.78 is 5.02. The topological polar surface area (TPSA) is 77.3 Å². The van der Waals surface area contributed by atoms with Gasteiger partial charge in [0.2, 0.25) is 11.7 Å². The lowest BCUT2D eigenvalue weighted by Gasteiger charge is -2.26. The minimum Gasteiger partial charge on any atom is -0.481 e. The first-order chi connectivity index (χ1) is 9.60. The SMILES string of the molecule is COc1ccc([N+](=O)[O-])c(NCC2CCCC(C)C2)n1. The van der Waals surface area contributed by atoms with E-state index < -0.39 is 4.92 Å². The fourth-order valence-corrected chi connectivity index (χ4v) is 2.81. The summed E-state index contributed by atoms with van der Waals surface area (Å²) in [4.78, 5) is 14.7. The predicted octanol–water partition coefficient (Wildman–Crippen LogP) is 3.24. The third-order valence-corrected chi connectivity index (χ3v) is 3.86. The van der Waals surface area contributed by atoms with Gasteiger partial charge in [-0.05, 0) is 24.7 Å². The number of hydrogen-bond donors (Lipinski definition) is 1. The maximum absolute atomic E-state index is 11.0. The van der Waals surface area contributed by atoms with Gasteiger partial charge in [0.1, 0.15) is 0 Å². The fourth-order valence-electron chi connectivity index (χ4n) is 2.81. The Kier molecular flexibility index (Phi) is 4.76. The van der Waals surface area contributed by atoms with Crippen LogP contribution in [0.25, 0.3) is 0 Å². The molecule has 0 amide bonds. The summed E-state index contributed by atoms with van der Waals surface area (Å²) in [6.07, 6.45) is 4.87. The van der Waals surface area contributed by atoms with Gasteiger partial charge in [-0.1, -0.05) is 19.8 Å². The first kappa shape index (κ1) is 14.6. The molecule has 0 radical (unpaired) electrons. The standard InChI is InChI=1S/C14H21N3O3/c1-10-4-3-5-11(8-10)9-15-14-12(17(18)19)6-7-13(16-14)20-2/h6-7,10-11H,3-5,8-9H2,1-2H3,(H,15,16). The van der Waals surface area contributed by atoms with Crippen LogP contribution in [0.1, 0.15) is 32.6 Å². The summed E-state index contributed by atoms with van der Waals surface area (Å²) in [5.41, 5.74) is -0.00495. The molecule has 110 valence electrons. The molecule has 1 aliphatic carbocycles.